The van der Waals surface area contributed by atoms with E-state index in [0.717, 1.165) is 38.6 Å². The second-order valence-corrected chi connectivity index (χ2v) is 4.86. The van der Waals surface area contributed by atoms with Gasteiger partial charge < -0.3 is 15.5 Å². The van der Waals surface area contributed by atoms with Crippen molar-refractivity contribution in [3.05, 3.63) is 0 Å². The summed E-state index contributed by atoms with van der Waals surface area (Å²) in [5.41, 5.74) is 0. The number of carbonyl (C=O) groups excluding carboxylic acids is 1. The van der Waals surface area contributed by atoms with E-state index in [9.17, 15) is 4.79 Å². The van der Waals surface area contributed by atoms with Crippen molar-refractivity contribution in [3.63, 3.8) is 0 Å². The lowest BCUT2D eigenvalue weighted by atomic mass is 10.4. The van der Waals surface area contributed by atoms with Crippen LogP contribution in [0, 0.1) is 5.92 Å². The van der Waals surface area contributed by atoms with Gasteiger partial charge in [0.25, 0.3) is 0 Å². The third-order valence-corrected chi connectivity index (χ3v) is 3.15. The Bertz CT molecular complexity index is 217. The normalized spacial score (nSPS) is 15.2. The Morgan fingerprint density at radius 3 is 2.65 bits per heavy atom. The summed E-state index contributed by atoms with van der Waals surface area (Å²) in [6.07, 6.45) is 3.83. The smallest absolute Gasteiger partial charge is 0.234 e. The monoisotopic (exact) mass is 241 g/mol. The van der Waals surface area contributed by atoms with Crippen molar-refractivity contribution >= 4 is 5.91 Å². The molecule has 0 heterocycles. The molecule has 0 saturated heterocycles. The quantitative estimate of drug-likeness (QED) is 0.595. The summed E-state index contributed by atoms with van der Waals surface area (Å²) in [4.78, 5) is 13.8. The van der Waals surface area contributed by atoms with Gasteiger partial charge in [0.05, 0.1) is 6.54 Å². The third-order valence-electron chi connectivity index (χ3n) is 3.15. The second-order valence-electron chi connectivity index (χ2n) is 4.86. The molecule has 1 aliphatic rings. The Morgan fingerprint density at radius 1 is 1.29 bits per heavy atom. The van der Waals surface area contributed by atoms with Crippen molar-refractivity contribution in [2.45, 2.75) is 33.1 Å². The molecule has 1 amide bonds. The number of hydrogen-bond donors (Lipinski definition) is 2. The molecule has 1 saturated carbocycles. The SMILES string of the molecule is CCCN(CC)CCNC(=O)CNCC1CC1. The van der Waals surface area contributed by atoms with E-state index in [1.807, 2.05) is 0 Å². The molecular formula is C13H27N3O. The first-order chi connectivity index (χ1) is 8.26. The van der Waals surface area contributed by atoms with Gasteiger partial charge in [0.15, 0.2) is 0 Å². The zero-order chi connectivity index (χ0) is 12.5. The van der Waals surface area contributed by atoms with E-state index in [-0.39, 0.29) is 5.91 Å². The van der Waals surface area contributed by atoms with Crippen LogP contribution in [-0.4, -0.2) is 50.1 Å². The first-order valence-electron chi connectivity index (χ1n) is 6.96. The van der Waals surface area contributed by atoms with Gasteiger partial charge in [0, 0.05) is 13.1 Å². The molecule has 0 spiro atoms. The zero-order valence-electron chi connectivity index (χ0n) is 11.3. The highest BCUT2D eigenvalue weighted by atomic mass is 16.1. The maximum atomic E-state index is 11.5. The Morgan fingerprint density at radius 2 is 2.06 bits per heavy atom. The number of hydrogen-bond acceptors (Lipinski definition) is 3. The van der Waals surface area contributed by atoms with Gasteiger partial charge in [-0.3, -0.25) is 4.79 Å². The lowest BCUT2D eigenvalue weighted by Gasteiger charge is -2.19. The number of amides is 1. The van der Waals surface area contributed by atoms with Crippen LogP contribution in [0.4, 0.5) is 0 Å². The van der Waals surface area contributed by atoms with Gasteiger partial charge in [0.2, 0.25) is 5.91 Å². The molecule has 0 aromatic heterocycles. The van der Waals surface area contributed by atoms with Crippen LogP contribution in [0.2, 0.25) is 0 Å². The topological polar surface area (TPSA) is 44.4 Å². The fourth-order valence-electron chi connectivity index (χ4n) is 1.87. The van der Waals surface area contributed by atoms with Crippen LogP contribution in [0.5, 0.6) is 0 Å². The van der Waals surface area contributed by atoms with Gasteiger partial charge >= 0.3 is 0 Å². The van der Waals surface area contributed by atoms with Gasteiger partial charge in [-0.05, 0) is 44.8 Å². The minimum absolute atomic E-state index is 0.123. The Balaban J connectivity index is 1.94. The lowest BCUT2D eigenvalue weighted by Crippen LogP contribution is -2.39. The van der Waals surface area contributed by atoms with Gasteiger partial charge in [-0.2, -0.15) is 0 Å². The van der Waals surface area contributed by atoms with Crippen LogP contribution in [-0.2, 0) is 4.79 Å². The molecule has 4 heteroatoms. The van der Waals surface area contributed by atoms with Crippen molar-refractivity contribution in [3.8, 4) is 0 Å². The average molecular weight is 241 g/mol. The summed E-state index contributed by atoms with van der Waals surface area (Å²) >= 11 is 0. The highest BCUT2D eigenvalue weighted by Gasteiger charge is 2.20. The van der Waals surface area contributed by atoms with E-state index < -0.39 is 0 Å². The lowest BCUT2D eigenvalue weighted by molar-refractivity contribution is -0.120. The van der Waals surface area contributed by atoms with Crippen LogP contribution in [0.25, 0.3) is 0 Å². The van der Waals surface area contributed by atoms with Crippen molar-refractivity contribution in [2.24, 2.45) is 5.92 Å². The Kier molecular flexibility index (Phi) is 7.21. The summed E-state index contributed by atoms with van der Waals surface area (Å²) in [5.74, 6) is 0.959. The fraction of sp³-hybridized carbons (Fsp3) is 0.923. The van der Waals surface area contributed by atoms with Gasteiger partial charge in [-0.25, -0.2) is 0 Å². The van der Waals surface area contributed by atoms with E-state index in [0.29, 0.717) is 6.54 Å². The third kappa shape index (κ3) is 7.34. The predicted octanol–water partition coefficient (Wildman–Crippen LogP) is 0.834. The van der Waals surface area contributed by atoms with Crippen molar-refractivity contribution < 1.29 is 4.79 Å². The number of nitrogens with one attached hydrogen (secondary N) is 2. The second kappa shape index (κ2) is 8.48. The van der Waals surface area contributed by atoms with Gasteiger partial charge in [0.1, 0.15) is 0 Å². The standard InChI is InChI=1S/C13H27N3O/c1-3-8-16(4-2)9-7-15-13(17)11-14-10-12-5-6-12/h12,14H,3-11H2,1-2H3,(H,15,17). The molecule has 0 unspecified atom stereocenters. The summed E-state index contributed by atoms with van der Waals surface area (Å²) in [7, 11) is 0. The highest BCUT2D eigenvalue weighted by molar-refractivity contribution is 5.77. The maximum absolute atomic E-state index is 11.5. The number of likely N-dealkylation sites (N-methyl/N-ethyl adjacent to an activating group) is 1. The van der Waals surface area contributed by atoms with Gasteiger partial charge in [-0.1, -0.05) is 13.8 Å². The summed E-state index contributed by atoms with van der Waals surface area (Å²) < 4.78 is 0. The van der Waals surface area contributed by atoms with Crippen LogP contribution < -0.4 is 10.6 Å². The Hall–Kier alpha value is -0.610. The van der Waals surface area contributed by atoms with Gasteiger partial charge in [-0.15, -0.1) is 0 Å². The molecular weight excluding hydrogens is 214 g/mol. The molecule has 17 heavy (non-hydrogen) atoms. The Labute approximate surface area is 105 Å². The molecule has 100 valence electrons. The first kappa shape index (κ1) is 14.5. The van der Waals surface area contributed by atoms with Crippen molar-refractivity contribution in [1.29, 1.82) is 0 Å². The fourth-order valence-corrected chi connectivity index (χ4v) is 1.87. The minimum Gasteiger partial charge on any atom is -0.354 e. The summed E-state index contributed by atoms with van der Waals surface area (Å²) in [5, 5.41) is 6.16. The molecule has 0 aromatic carbocycles. The number of rotatable bonds is 10. The van der Waals surface area contributed by atoms with E-state index in [4.69, 9.17) is 0 Å². The summed E-state index contributed by atoms with van der Waals surface area (Å²) in [6.45, 7) is 9.71. The van der Waals surface area contributed by atoms with Crippen LogP contribution in [0.3, 0.4) is 0 Å². The van der Waals surface area contributed by atoms with Crippen molar-refractivity contribution in [1.82, 2.24) is 15.5 Å². The van der Waals surface area contributed by atoms with E-state index in [1.54, 1.807) is 0 Å². The number of nitrogens with zero attached hydrogens (tertiary/aromatic N) is 1. The van der Waals surface area contributed by atoms with Crippen molar-refractivity contribution in [2.75, 3.05) is 39.3 Å². The molecule has 0 radical (unpaired) electrons. The minimum atomic E-state index is 0.123. The molecule has 0 bridgehead atoms. The van der Waals surface area contributed by atoms with E-state index in [1.165, 1.54) is 19.3 Å². The predicted molar refractivity (Wildman–Crippen MR) is 71.0 cm³/mol. The molecule has 2 N–H and O–H groups in total. The molecule has 1 fully saturated rings. The van der Waals surface area contributed by atoms with Crippen LogP contribution in [0.15, 0.2) is 0 Å². The first-order valence-corrected chi connectivity index (χ1v) is 6.96. The highest BCUT2D eigenvalue weighted by Crippen LogP contribution is 2.27. The van der Waals surface area contributed by atoms with E-state index >= 15 is 0 Å². The molecule has 0 aromatic rings. The van der Waals surface area contributed by atoms with Crippen LogP contribution in [0.1, 0.15) is 33.1 Å². The molecule has 0 aliphatic heterocycles. The molecule has 4 nitrogen and oxygen atoms in total. The number of carbonyl (C=O) groups is 1. The van der Waals surface area contributed by atoms with E-state index in [2.05, 4.69) is 29.4 Å². The zero-order valence-corrected chi connectivity index (χ0v) is 11.3. The average Bonchev–Trinajstić information content (AvgIpc) is 3.12. The molecule has 1 aliphatic carbocycles. The van der Waals surface area contributed by atoms with Crippen LogP contribution >= 0.6 is 0 Å². The molecule has 0 atom stereocenters. The largest absolute Gasteiger partial charge is 0.354 e. The molecule has 1 rings (SSSR count). The summed E-state index contributed by atoms with van der Waals surface area (Å²) in [6, 6.07) is 0. The maximum Gasteiger partial charge on any atom is 0.234 e.